The van der Waals surface area contributed by atoms with Crippen LogP contribution in [0, 0.1) is 5.92 Å². The summed E-state index contributed by atoms with van der Waals surface area (Å²) in [7, 11) is -7.69. The number of hydrogen-bond donors (Lipinski definition) is 1. The molecule has 0 bridgehead atoms. The predicted octanol–water partition coefficient (Wildman–Crippen LogP) is 2.35. The zero-order valence-corrected chi connectivity index (χ0v) is 16.9. The maximum Gasteiger partial charge on any atom is 0.261 e. The van der Waals surface area contributed by atoms with Crippen LogP contribution in [-0.2, 0) is 24.8 Å². The molecule has 0 radical (unpaired) electrons. The number of nitrogens with one attached hydrogen (secondary N) is 1. The Labute approximate surface area is 168 Å². The van der Waals surface area contributed by atoms with Gasteiger partial charge in [-0.1, -0.05) is 25.1 Å². The third-order valence-corrected chi connectivity index (χ3v) is 7.87. The van der Waals surface area contributed by atoms with E-state index < -0.39 is 31.9 Å². The van der Waals surface area contributed by atoms with Crippen LogP contribution in [0.4, 0.5) is 11.4 Å². The highest BCUT2D eigenvalue weighted by Crippen LogP contribution is 2.30. The summed E-state index contributed by atoms with van der Waals surface area (Å²) in [6.45, 7) is 1.54. The summed E-state index contributed by atoms with van der Waals surface area (Å²) in [5, 5.41) is 0.787. The van der Waals surface area contributed by atoms with Gasteiger partial charge in [0.05, 0.1) is 33.5 Å². The van der Waals surface area contributed by atoms with Crippen LogP contribution < -0.4 is 9.03 Å². The molecule has 1 amide bonds. The summed E-state index contributed by atoms with van der Waals surface area (Å²) in [5.74, 6) is -1.42. The first-order valence-corrected chi connectivity index (χ1v) is 11.8. The van der Waals surface area contributed by atoms with Crippen LogP contribution in [0.3, 0.4) is 0 Å². The van der Waals surface area contributed by atoms with Crippen LogP contribution in [0.2, 0.25) is 0 Å². The number of para-hydroxylation sites is 1. The number of benzene rings is 2. The largest absolute Gasteiger partial charge is 0.277 e. The van der Waals surface area contributed by atoms with Crippen molar-refractivity contribution in [2.45, 2.75) is 11.8 Å². The van der Waals surface area contributed by atoms with Crippen LogP contribution >= 0.6 is 0 Å². The molecule has 1 aromatic heterocycles. The monoisotopic (exact) mass is 431 g/mol. The van der Waals surface area contributed by atoms with Crippen molar-refractivity contribution in [1.29, 1.82) is 0 Å². The summed E-state index contributed by atoms with van der Waals surface area (Å²) in [5.41, 5.74) is 0.960. The van der Waals surface area contributed by atoms with Crippen LogP contribution in [0.25, 0.3) is 10.9 Å². The van der Waals surface area contributed by atoms with Crippen molar-refractivity contribution in [2.75, 3.05) is 14.8 Å². The maximum atomic E-state index is 12.8. The number of hydrogen-bond acceptors (Lipinski definition) is 6. The summed E-state index contributed by atoms with van der Waals surface area (Å²) >= 11 is 0. The van der Waals surface area contributed by atoms with E-state index >= 15 is 0 Å². The van der Waals surface area contributed by atoms with Crippen molar-refractivity contribution in [1.82, 2.24) is 4.98 Å². The third-order valence-electron chi connectivity index (χ3n) is 4.62. The number of carbonyl (C=O) groups excluding carboxylic acids is 1. The molecule has 1 N–H and O–H groups in total. The molecule has 0 spiro atoms. The zero-order chi connectivity index (χ0) is 20.8. The van der Waals surface area contributed by atoms with Crippen molar-refractivity contribution in [3.05, 3.63) is 60.8 Å². The molecule has 8 nitrogen and oxygen atoms in total. The third kappa shape index (κ3) is 3.45. The van der Waals surface area contributed by atoms with Gasteiger partial charge in [0, 0.05) is 11.6 Å². The topological polar surface area (TPSA) is 114 Å². The minimum absolute atomic E-state index is 0.0636. The fourth-order valence-corrected chi connectivity index (χ4v) is 6.12. The summed E-state index contributed by atoms with van der Waals surface area (Å²) in [4.78, 5) is 16.3. The molecule has 0 saturated carbocycles. The fourth-order valence-electron chi connectivity index (χ4n) is 3.24. The van der Waals surface area contributed by atoms with Gasteiger partial charge in [-0.15, -0.1) is 0 Å². The van der Waals surface area contributed by atoms with E-state index in [-0.39, 0.29) is 16.3 Å². The Morgan fingerprint density at radius 1 is 1.07 bits per heavy atom. The molecule has 10 heteroatoms. The fraction of sp³-hybridized carbons (Fsp3) is 0.158. The number of nitrogens with zero attached hydrogens (tertiary/aromatic N) is 2. The van der Waals surface area contributed by atoms with E-state index in [0.717, 1.165) is 9.69 Å². The Balaban J connectivity index is 1.66. The number of anilines is 2. The number of pyridine rings is 1. The highest BCUT2D eigenvalue weighted by Gasteiger charge is 2.41. The highest BCUT2D eigenvalue weighted by atomic mass is 32.2. The molecule has 4 rings (SSSR count). The average molecular weight is 431 g/mol. The van der Waals surface area contributed by atoms with Gasteiger partial charge in [0.1, 0.15) is 0 Å². The van der Waals surface area contributed by atoms with Crippen molar-refractivity contribution in [2.24, 2.45) is 5.92 Å². The number of sulfonamides is 2. The van der Waals surface area contributed by atoms with Crippen molar-refractivity contribution in [3.63, 3.8) is 0 Å². The van der Waals surface area contributed by atoms with Gasteiger partial charge in [0.25, 0.3) is 10.0 Å². The Bertz CT molecular complexity index is 1310. The van der Waals surface area contributed by atoms with E-state index in [1.165, 1.54) is 24.3 Å². The van der Waals surface area contributed by atoms with Crippen LogP contribution in [0.1, 0.15) is 6.92 Å². The number of fused-ring (bicyclic) bond motifs is 1. The molecule has 1 aliphatic heterocycles. The van der Waals surface area contributed by atoms with Gasteiger partial charge >= 0.3 is 0 Å². The lowest BCUT2D eigenvalue weighted by molar-refractivity contribution is -0.119. The molecule has 1 atom stereocenters. The van der Waals surface area contributed by atoms with Crippen LogP contribution in [0.15, 0.2) is 65.7 Å². The normalized spacial score (nSPS) is 18.9. The quantitative estimate of drug-likeness (QED) is 0.678. The minimum atomic E-state index is -3.94. The van der Waals surface area contributed by atoms with E-state index in [9.17, 15) is 21.6 Å². The second-order valence-electron chi connectivity index (χ2n) is 6.76. The van der Waals surface area contributed by atoms with E-state index in [2.05, 4.69) is 9.71 Å². The number of aromatic nitrogens is 1. The zero-order valence-electron chi connectivity index (χ0n) is 15.3. The molecule has 0 aliphatic carbocycles. The SMILES string of the molecule is C[C@@H]1CS(=O)(=O)N(c2ccc(S(=O)(=O)Nc3cccc4cccnc34)cc2)C1=O. The predicted molar refractivity (Wildman–Crippen MR) is 109 cm³/mol. The molecule has 1 fully saturated rings. The van der Waals surface area contributed by atoms with Gasteiger partial charge in [-0.2, -0.15) is 0 Å². The first-order valence-electron chi connectivity index (χ1n) is 8.72. The van der Waals surface area contributed by atoms with Gasteiger partial charge < -0.3 is 0 Å². The Morgan fingerprint density at radius 3 is 2.41 bits per heavy atom. The lowest BCUT2D eigenvalue weighted by Gasteiger charge is -2.16. The van der Waals surface area contributed by atoms with E-state index in [1.807, 2.05) is 12.1 Å². The molecule has 3 aromatic rings. The van der Waals surface area contributed by atoms with E-state index in [0.29, 0.717) is 11.2 Å². The summed E-state index contributed by atoms with van der Waals surface area (Å²) in [6, 6.07) is 13.9. The van der Waals surface area contributed by atoms with Crippen molar-refractivity contribution >= 4 is 48.2 Å². The molecule has 150 valence electrons. The first kappa shape index (κ1) is 19.3. The summed E-state index contributed by atoms with van der Waals surface area (Å²) < 4.78 is 53.2. The van der Waals surface area contributed by atoms with Gasteiger partial charge in [-0.3, -0.25) is 14.5 Å². The second-order valence-corrected chi connectivity index (χ2v) is 10.3. The molecule has 1 aliphatic rings. The standard InChI is InChI=1S/C19H17N3O5S2/c1-13-12-28(24,25)22(19(13)23)15-7-9-16(10-8-15)29(26,27)21-17-6-2-4-14-5-3-11-20-18(14)17/h2-11,13,21H,12H2,1H3/t13-/m1/s1. The van der Waals surface area contributed by atoms with Gasteiger partial charge in [0.15, 0.2) is 0 Å². The number of carbonyl (C=O) groups is 1. The van der Waals surface area contributed by atoms with Crippen molar-refractivity contribution < 1.29 is 21.6 Å². The number of amides is 1. The number of rotatable bonds is 4. The van der Waals surface area contributed by atoms with E-state index in [4.69, 9.17) is 0 Å². The van der Waals surface area contributed by atoms with Crippen LogP contribution in [-0.4, -0.2) is 33.5 Å². The molecule has 2 aromatic carbocycles. The second kappa shape index (κ2) is 6.82. The average Bonchev–Trinajstić information content (AvgIpc) is 2.89. The smallest absolute Gasteiger partial charge is 0.261 e. The molecule has 0 unspecified atom stereocenters. The Morgan fingerprint density at radius 2 is 1.76 bits per heavy atom. The summed E-state index contributed by atoms with van der Waals surface area (Å²) in [6.07, 6.45) is 1.57. The molecular weight excluding hydrogens is 414 g/mol. The van der Waals surface area contributed by atoms with Gasteiger partial charge in [0.2, 0.25) is 15.9 Å². The molecular formula is C19H17N3O5S2. The minimum Gasteiger partial charge on any atom is -0.277 e. The lowest BCUT2D eigenvalue weighted by Crippen LogP contribution is -2.30. The first-order chi connectivity index (χ1) is 13.7. The van der Waals surface area contributed by atoms with Gasteiger partial charge in [-0.05, 0) is 36.4 Å². The van der Waals surface area contributed by atoms with Crippen molar-refractivity contribution in [3.8, 4) is 0 Å². The Kier molecular flexibility index (Phi) is 4.55. The lowest BCUT2D eigenvalue weighted by atomic mass is 10.2. The van der Waals surface area contributed by atoms with Crippen LogP contribution in [0.5, 0.6) is 0 Å². The maximum absolute atomic E-state index is 12.8. The van der Waals surface area contributed by atoms with Gasteiger partial charge in [-0.25, -0.2) is 21.1 Å². The van der Waals surface area contributed by atoms with E-state index in [1.54, 1.807) is 31.3 Å². The highest BCUT2D eigenvalue weighted by molar-refractivity contribution is 7.94. The Hall–Kier alpha value is -2.98. The molecule has 1 saturated heterocycles. The molecule has 29 heavy (non-hydrogen) atoms. The molecule has 2 heterocycles.